The van der Waals surface area contributed by atoms with E-state index in [9.17, 15) is 9.59 Å². The Bertz CT molecular complexity index is 723. The molecule has 0 unspecified atom stereocenters. The van der Waals surface area contributed by atoms with Crippen LogP contribution in [0.3, 0.4) is 0 Å². The first-order chi connectivity index (χ1) is 9.16. The summed E-state index contributed by atoms with van der Waals surface area (Å²) in [5.74, 6) is 0.575. The maximum Gasteiger partial charge on any atom is 0.320 e. The highest BCUT2D eigenvalue weighted by Crippen LogP contribution is 2.29. The average molecular weight is 256 g/mol. The van der Waals surface area contributed by atoms with Crippen LogP contribution in [0.15, 0.2) is 46.2 Å². The van der Waals surface area contributed by atoms with Crippen LogP contribution >= 0.6 is 0 Å². The van der Waals surface area contributed by atoms with Crippen molar-refractivity contribution in [2.45, 2.75) is 26.3 Å². The Morgan fingerprint density at radius 3 is 2.53 bits per heavy atom. The molecule has 19 heavy (non-hydrogen) atoms. The van der Waals surface area contributed by atoms with E-state index < -0.39 is 11.1 Å². The van der Waals surface area contributed by atoms with Crippen LogP contribution in [0, 0.1) is 12.8 Å². The molecule has 1 aliphatic carbocycles. The van der Waals surface area contributed by atoms with Crippen molar-refractivity contribution in [1.29, 1.82) is 0 Å². The maximum absolute atomic E-state index is 12.2. The number of hydrogen-bond acceptors (Lipinski definition) is 2. The summed E-state index contributed by atoms with van der Waals surface area (Å²) in [5.41, 5.74) is 0.835. The standard InChI is InChI=1S/C15H16N2O2/c1-11-4-2-3-5-13(11)17-9-8-16(10-12-6-7-12)14(18)15(17)19/h2-5,8-9,12H,6-7,10H2,1H3. The monoisotopic (exact) mass is 256 g/mol. The lowest BCUT2D eigenvalue weighted by Gasteiger charge is -2.10. The summed E-state index contributed by atoms with van der Waals surface area (Å²) in [4.78, 5) is 24.2. The highest BCUT2D eigenvalue weighted by molar-refractivity contribution is 5.39. The summed E-state index contributed by atoms with van der Waals surface area (Å²) in [6.07, 6.45) is 5.73. The summed E-state index contributed by atoms with van der Waals surface area (Å²) in [5, 5.41) is 0. The second-order valence-electron chi connectivity index (χ2n) is 5.16. The molecule has 0 saturated heterocycles. The summed E-state index contributed by atoms with van der Waals surface area (Å²) in [7, 11) is 0. The van der Waals surface area contributed by atoms with Crippen LogP contribution in [-0.2, 0) is 6.54 Å². The molecule has 1 fully saturated rings. The first-order valence-electron chi connectivity index (χ1n) is 6.55. The number of benzene rings is 1. The lowest BCUT2D eigenvalue weighted by atomic mass is 10.2. The van der Waals surface area contributed by atoms with Crippen molar-refractivity contribution < 1.29 is 0 Å². The van der Waals surface area contributed by atoms with Crippen molar-refractivity contribution in [3.05, 3.63) is 62.9 Å². The van der Waals surface area contributed by atoms with Crippen LogP contribution in [0.2, 0.25) is 0 Å². The first kappa shape index (κ1) is 12.0. The van der Waals surface area contributed by atoms with E-state index in [1.807, 2.05) is 31.2 Å². The van der Waals surface area contributed by atoms with E-state index in [4.69, 9.17) is 0 Å². The largest absolute Gasteiger partial charge is 0.320 e. The van der Waals surface area contributed by atoms with E-state index in [-0.39, 0.29) is 0 Å². The van der Waals surface area contributed by atoms with Gasteiger partial charge < -0.3 is 4.57 Å². The average Bonchev–Trinajstić information content (AvgIpc) is 3.21. The molecule has 1 heterocycles. The van der Waals surface area contributed by atoms with Gasteiger partial charge in [0.2, 0.25) is 0 Å². The Labute approximate surface area is 110 Å². The van der Waals surface area contributed by atoms with E-state index in [2.05, 4.69) is 0 Å². The molecule has 0 aliphatic heterocycles. The Balaban J connectivity index is 2.09. The molecule has 1 saturated carbocycles. The van der Waals surface area contributed by atoms with Gasteiger partial charge in [0.05, 0.1) is 5.69 Å². The zero-order chi connectivity index (χ0) is 13.4. The molecular weight excluding hydrogens is 240 g/mol. The van der Waals surface area contributed by atoms with Gasteiger partial charge in [0, 0.05) is 18.9 Å². The second kappa shape index (κ2) is 4.53. The maximum atomic E-state index is 12.2. The Kier molecular flexibility index (Phi) is 2.85. The van der Waals surface area contributed by atoms with Gasteiger partial charge in [-0.1, -0.05) is 18.2 Å². The van der Waals surface area contributed by atoms with Crippen LogP contribution in [0.5, 0.6) is 0 Å². The molecule has 4 nitrogen and oxygen atoms in total. The van der Waals surface area contributed by atoms with Gasteiger partial charge in [0.25, 0.3) is 0 Å². The molecule has 1 aromatic carbocycles. The van der Waals surface area contributed by atoms with Gasteiger partial charge in [0.1, 0.15) is 0 Å². The smallest absolute Gasteiger partial charge is 0.309 e. The van der Waals surface area contributed by atoms with Crippen molar-refractivity contribution >= 4 is 0 Å². The van der Waals surface area contributed by atoms with Gasteiger partial charge >= 0.3 is 11.1 Å². The number of rotatable bonds is 3. The van der Waals surface area contributed by atoms with Gasteiger partial charge in [-0.2, -0.15) is 0 Å². The summed E-state index contributed by atoms with van der Waals surface area (Å²) >= 11 is 0. The molecule has 0 amide bonds. The topological polar surface area (TPSA) is 44.0 Å². The normalized spacial score (nSPS) is 14.6. The van der Waals surface area contributed by atoms with Crippen LogP contribution in [-0.4, -0.2) is 9.13 Å². The third-order valence-electron chi connectivity index (χ3n) is 3.59. The molecule has 2 aromatic rings. The van der Waals surface area contributed by atoms with Crippen molar-refractivity contribution in [2.24, 2.45) is 5.92 Å². The van der Waals surface area contributed by atoms with Gasteiger partial charge in [-0.05, 0) is 37.3 Å². The fraction of sp³-hybridized carbons (Fsp3) is 0.333. The fourth-order valence-electron chi connectivity index (χ4n) is 2.25. The summed E-state index contributed by atoms with van der Waals surface area (Å²) in [6.45, 7) is 2.60. The van der Waals surface area contributed by atoms with E-state index in [0.29, 0.717) is 12.5 Å². The van der Waals surface area contributed by atoms with E-state index in [0.717, 1.165) is 24.1 Å². The molecule has 0 N–H and O–H groups in total. The van der Waals surface area contributed by atoms with Crippen molar-refractivity contribution in [3.63, 3.8) is 0 Å². The first-order valence-corrected chi connectivity index (χ1v) is 6.55. The minimum Gasteiger partial charge on any atom is -0.309 e. The predicted molar refractivity (Wildman–Crippen MR) is 73.8 cm³/mol. The molecule has 0 radical (unpaired) electrons. The third-order valence-corrected chi connectivity index (χ3v) is 3.59. The molecule has 1 aliphatic rings. The molecule has 3 rings (SSSR count). The third kappa shape index (κ3) is 2.26. The number of aromatic nitrogens is 2. The Morgan fingerprint density at radius 1 is 1.11 bits per heavy atom. The lowest BCUT2D eigenvalue weighted by molar-refractivity contribution is 0.591. The van der Waals surface area contributed by atoms with Crippen LogP contribution in [0.1, 0.15) is 18.4 Å². The zero-order valence-corrected chi connectivity index (χ0v) is 10.9. The van der Waals surface area contributed by atoms with E-state index in [1.54, 1.807) is 12.4 Å². The Morgan fingerprint density at radius 2 is 1.84 bits per heavy atom. The minimum absolute atomic E-state index is 0.433. The summed E-state index contributed by atoms with van der Waals surface area (Å²) < 4.78 is 2.97. The summed E-state index contributed by atoms with van der Waals surface area (Å²) in [6, 6.07) is 7.56. The lowest BCUT2D eigenvalue weighted by Crippen LogP contribution is -2.40. The highest BCUT2D eigenvalue weighted by Gasteiger charge is 2.22. The van der Waals surface area contributed by atoms with Crippen LogP contribution < -0.4 is 11.1 Å². The van der Waals surface area contributed by atoms with Crippen molar-refractivity contribution in [3.8, 4) is 5.69 Å². The molecule has 98 valence electrons. The zero-order valence-electron chi connectivity index (χ0n) is 10.9. The van der Waals surface area contributed by atoms with E-state index in [1.165, 1.54) is 9.13 Å². The van der Waals surface area contributed by atoms with Gasteiger partial charge in [-0.15, -0.1) is 0 Å². The molecule has 0 atom stereocenters. The molecular formula is C15H16N2O2. The van der Waals surface area contributed by atoms with Crippen LogP contribution in [0.4, 0.5) is 0 Å². The fourth-order valence-corrected chi connectivity index (χ4v) is 2.25. The number of aryl methyl sites for hydroxylation is 1. The van der Waals surface area contributed by atoms with Crippen LogP contribution in [0.25, 0.3) is 5.69 Å². The van der Waals surface area contributed by atoms with Gasteiger partial charge in [-0.3, -0.25) is 14.2 Å². The molecule has 0 bridgehead atoms. The predicted octanol–water partition coefficient (Wildman–Crippen LogP) is 1.72. The molecule has 1 aromatic heterocycles. The van der Waals surface area contributed by atoms with E-state index >= 15 is 0 Å². The Hall–Kier alpha value is -2.10. The quantitative estimate of drug-likeness (QED) is 0.785. The molecule has 0 spiro atoms. The number of nitrogens with zero attached hydrogens (tertiary/aromatic N) is 2. The minimum atomic E-state index is -0.475. The number of para-hydroxylation sites is 1. The second-order valence-corrected chi connectivity index (χ2v) is 5.16. The number of hydrogen-bond donors (Lipinski definition) is 0. The van der Waals surface area contributed by atoms with Gasteiger partial charge in [-0.25, -0.2) is 0 Å². The highest BCUT2D eigenvalue weighted by atomic mass is 16.2. The van der Waals surface area contributed by atoms with Gasteiger partial charge in [0.15, 0.2) is 0 Å². The van der Waals surface area contributed by atoms with Crippen molar-refractivity contribution in [1.82, 2.24) is 9.13 Å². The molecule has 4 heteroatoms. The van der Waals surface area contributed by atoms with Crippen molar-refractivity contribution in [2.75, 3.05) is 0 Å². The SMILES string of the molecule is Cc1ccccc1-n1ccn(CC2CC2)c(=O)c1=O.